The summed E-state index contributed by atoms with van der Waals surface area (Å²) < 4.78 is 1.88. The fourth-order valence-electron chi connectivity index (χ4n) is 4.50. The molecule has 4 aromatic heterocycles. The molecule has 6 rings (SSSR count). The molecule has 0 spiro atoms. The number of rotatable bonds is 6. The Morgan fingerprint density at radius 1 is 1.18 bits per heavy atom. The third kappa shape index (κ3) is 3.49. The van der Waals surface area contributed by atoms with E-state index in [9.17, 15) is 4.79 Å². The van der Waals surface area contributed by atoms with Gasteiger partial charge in [0.05, 0.1) is 0 Å². The maximum Gasteiger partial charge on any atom is 0.251 e. The van der Waals surface area contributed by atoms with E-state index in [-0.39, 0.29) is 5.91 Å². The van der Waals surface area contributed by atoms with Crippen LogP contribution in [-0.4, -0.2) is 52.8 Å². The van der Waals surface area contributed by atoms with Crippen molar-refractivity contribution in [3.8, 4) is 0 Å². The first-order valence-electron chi connectivity index (χ1n) is 11.3. The minimum atomic E-state index is -0.791. The van der Waals surface area contributed by atoms with Gasteiger partial charge in [-0.2, -0.15) is 20.2 Å². The van der Waals surface area contributed by atoms with Crippen molar-refractivity contribution in [2.24, 2.45) is 0 Å². The smallest absolute Gasteiger partial charge is 0.251 e. The van der Waals surface area contributed by atoms with Crippen LogP contribution in [0.15, 0.2) is 30.5 Å². The second-order valence-corrected chi connectivity index (χ2v) is 9.11. The summed E-state index contributed by atoms with van der Waals surface area (Å²) in [6.45, 7) is 4.52. The molecule has 11 heteroatoms. The van der Waals surface area contributed by atoms with Crippen molar-refractivity contribution in [3.63, 3.8) is 0 Å². The molecule has 33 heavy (non-hydrogen) atoms. The fraction of sp³-hybridized carbons (Fsp3) is 0.409. The SMILES string of the molecule is Cc1cc(NC(=O)C2(C)CCCN2c2nc(Nc3cc(C4CC4)[nH]n3)n3cccc3n2)n[nH]1. The normalized spacial score (nSPS) is 20.5. The zero-order chi connectivity index (χ0) is 22.6. The van der Waals surface area contributed by atoms with Crippen molar-refractivity contribution in [1.29, 1.82) is 0 Å². The van der Waals surface area contributed by atoms with Crippen LogP contribution >= 0.6 is 0 Å². The van der Waals surface area contributed by atoms with Crippen molar-refractivity contribution >= 4 is 35.1 Å². The molecule has 1 amide bonds. The van der Waals surface area contributed by atoms with Crippen molar-refractivity contribution in [2.45, 2.75) is 51.0 Å². The maximum absolute atomic E-state index is 13.3. The van der Waals surface area contributed by atoms with Crippen LogP contribution in [0.2, 0.25) is 0 Å². The Morgan fingerprint density at radius 3 is 2.82 bits per heavy atom. The monoisotopic (exact) mass is 446 g/mol. The molecular weight excluding hydrogens is 420 g/mol. The number of aryl methyl sites for hydroxylation is 1. The molecule has 1 saturated carbocycles. The van der Waals surface area contributed by atoms with E-state index < -0.39 is 5.54 Å². The first kappa shape index (κ1) is 19.8. The molecule has 0 bridgehead atoms. The molecule has 1 saturated heterocycles. The highest BCUT2D eigenvalue weighted by Crippen LogP contribution is 2.40. The van der Waals surface area contributed by atoms with Crippen molar-refractivity contribution in [1.82, 2.24) is 34.8 Å². The van der Waals surface area contributed by atoms with Gasteiger partial charge in [-0.25, -0.2) is 0 Å². The van der Waals surface area contributed by atoms with E-state index >= 15 is 0 Å². The van der Waals surface area contributed by atoms with Crippen LogP contribution < -0.4 is 15.5 Å². The quantitative estimate of drug-likeness (QED) is 0.358. The summed E-state index contributed by atoms with van der Waals surface area (Å²) in [5, 5.41) is 20.8. The van der Waals surface area contributed by atoms with E-state index in [1.807, 2.05) is 53.6 Å². The number of hydrogen-bond acceptors (Lipinski definition) is 7. The zero-order valence-corrected chi connectivity index (χ0v) is 18.6. The molecule has 2 fully saturated rings. The topological polar surface area (TPSA) is 132 Å². The highest BCUT2D eigenvalue weighted by molar-refractivity contribution is 5.99. The largest absolute Gasteiger partial charge is 0.326 e. The van der Waals surface area contributed by atoms with Gasteiger partial charge < -0.3 is 15.5 Å². The summed E-state index contributed by atoms with van der Waals surface area (Å²) in [7, 11) is 0. The number of aromatic amines is 2. The molecule has 1 unspecified atom stereocenters. The number of amides is 1. The van der Waals surface area contributed by atoms with Crippen LogP contribution in [-0.2, 0) is 4.79 Å². The van der Waals surface area contributed by atoms with E-state index in [1.165, 1.54) is 12.8 Å². The van der Waals surface area contributed by atoms with Gasteiger partial charge in [0.2, 0.25) is 11.9 Å². The van der Waals surface area contributed by atoms with Crippen LogP contribution in [0.3, 0.4) is 0 Å². The summed E-state index contributed by atoms with van der Waals surface area (Å²) in [5.41, 5.74) is 1.99. The lowest BCUT2D eigenvalue weighted by Gasteiger charge is -2.33. The van der Waals surface area contributed by atoms with Crippen LogP contribution in [0.1, 0.15) is 49.9 Å². The number of aromatic nitrogens is 7. The number of nitrogens with zero attached hydrogens (tertiary/aromatic N) is 6. The molecular formula is C22H26N10O. The predicted molar refractivity (Wildman–Crippen MR) is 124 cm³/mol. The molecule has 1 aliphatic carbocycles. The van der Waals surface area contributed by atoms with Gasteiger partial charge in [-0.3, -0.25) is 19.4 Å². The lowest BCUT2D eigenvalue weighted by atomic mass is 9.98. The number of H-pyrrole nitrogens is 2. The number of hydrogen-bond donors (Lipinski definition) is 4. The Bertz CT molecular complexity index is 1330. The zero-order valence-electron chi connectivity index (χ0n) is 18.6. The number of nitrogens with one attached hydrogen (secondary N) is 4. The predicted octanol–water partition coefficient (Wildman–Crippen LogP) is 3.10. The Hall–Kier alpha value is -3.89. The third-order valence-corrected chi connectivity index (χ3v) is 6.55. The third-order valence-electron chi connectivity index (χ3n) is 6.55. The summed E-state index contributed by atoms with van der Waals surface area (Å²) in [4.78, 5) is 24.9. The molecule has 170 valence electrons. The van der Waals surface area contributed by atoms with Gasteiger partial charge in [0.1, 0.15) is 11.2 Å². The molecule has 1 atom stereocenters. The number of carbonyl (C=O) groups excluding carboxylic acids is 1. The average molecular weight is 447 g/mol. The van der Waals surface area contributed by atoms with Crippen molar-refractivity contribution < 1.29 is 4.79 Å². The standard InChI is InChI=1S/C22H26N10O/c1-13-11-16(29-27-13)23-19(33)22(2)8-4-10-32(22)21-25-18-5-3-9-31(18)20(26-21)24-17-12-15(28-30-17)14-6-7-14/h3,5,9,11-12,14H,4,6-8,10H2,1-2H3,(H2,23,27,29,33)(H2,24,25,26,28,30). The first-order valence-corrected chi connectivity index (χ1v) is 11.3. The van der Waals surface area contributed by atoms with E-state index in [0.717, 1.165) is 23.5 Å². The van der Waals surface area contributed by atoms with Gasteiger partial charge >= 0.3 is 0 Å². The van der Waals surface area contributed by atoms with Crippen LogP contribution in [0, 0.1) is 6.92 Å². The van der Waals surface area contributed by atoms with Crippen LogP contribution in [0.25, 0.3) is 5.65 Å². The molecule has 0 aromatic carbocycles. The Kier molecular flexibility index (Phi) is 4.39. The lowest BCUT2D eigenvalue weighted by molar-refractivity contribution is -0.120. The average Bonchev–Trinajstić information content (AvgIpc) is 3.17. The van der Waals surface area contributed by atoms with Gasteiger partial charge in [0.25, 0.3) is 5.91 Å². The van der Waals surface area contributed by atoms with E-state index in [2.05, 4.69) is 31.0 Å². The van der Waals surface area contributed by atoms with E-state index in [1.54, 1.807) is 0 Å². The molecule has 11 nitrogen and oxygen atoms in total. The molecule has 4 N–H and O–H groups in total. The number of carbonyl (C=O) groups is 1. The lowest BCUT2D eigenvalue weighted by Crippen LogP contribution is -2.51. The first-order chi connectivity index (χ1) is 16.0. The Morgan fingerprint density at radius 2 is 2.03 bits per heavy atom. The maximum atomic E-state index is 13.3. The second-order valence-electron chi connectivity index (χ2n) is 9.11. The summed E-state index contributed by atoms with van der Waals surface area (Å²) >= 11 is 0. The van der Waals surface area contributed by atoms with Crippen molar-refractivity contribution in [2.75, 3.05) is 22.1 Å². The van der Waals surface area contributed by atoms with Gasteiger partial charge in [-0.05, 0) is 51.7 Å². The van der Waals surface area contributed by atoms with Gasteiger partial charge in [0.15, 0.2) is 11.6 Å². The molecule has 5 heterocycles. The van der Waals surface area contributed by atoms with Gasteiger partial charge in [-0.1, -0.05) is 0 Å². The minimum Gasteiger partial charge on any atom is -0.326 e. The minimum absolute atomic E-state index is 0.124. The van der Waals surface area contributed by atoms with E-state index in [0.29, 0.717) is 42.4 Å². The summed E-state index contributed by atoms with van der Waals surface area (Å²) in [6, 6.07) is 7.70. The molecule has 4 aromatic rings. The number of anilines is 4. The van der Waals surface area contributed by atoms with E-state index in [4.69, 9.17) is 9.97 Å². The van der Waals surface area contributed by atoms with Crippen LogP contribution in [0.5, 0.6) is 0 Å². The van der Waals surface area contributed by atoms with Crippen molar-refractivity contribution in [3.05, 3.63) is 41.9 Å². The molecule has 0 radical (unpaired) electrons. The summed E-state index contributed by atoms with van der Waals surface area (Å²) in [5.74, 6) is 2.80. The highest BCUT2D eigenvalue weighted by atomic mass is 16.2. The molecule has 1 aliphatic heterocycles. The summed E-state index contributed by atoms with van der Waals surface area (Å²) in [6.07, 6.45) is 5.88. The van der Waals surface area contributed by atoms with Gasteiger partial charge in [0, 0.05) is 42.2 Å². The Labute approximate surface area is 190 Å². The van der Waals surface area contributed by atoms with Crippen LogP contribution in [0.4, 0.5) is 23.5 Å². The number of fused-ring (bicyclic) bond motifs is 1. The molecule has 2 aliphatic rings. The Balaban J connectivity index is 1.32. The fourth-order valence-corrected chi connectivity index (χ4v) is 4.50. The highest BCUT2D eigenvalue weighted by Gasteiger charge is 2.45. The second kappa shape index (κ2) is 7.32. The van der Waals surface area contributed by atoms with Gasteiger partial charge in [-0.15, -0.1) is 0 Å².